The first-order valence-electron chi connectivity index (χ1n) is 7.17. The lowest BCUT2D eigenvalue weighted by Gasteiger charge is -2.21. The van der Waals surface area contributed by atoms with E-state index in [0.29, 0.717) is 11.8 Å². The van der Waals surface area contributed by atoms with Crippen LogP contribution in [-0.2, 0) is 4.79 Å². The van der Waals surface area contributed by atoms with Crippen LogP contribution in [0.5, 0.6) is 0 Å². The van der Waals surface area contributed by atoms with E-state index in [1.807, 2.05) is 13.8 Å². The van der Waals surface area contributed by atoms with Crippen molar-refractivity contribution < 1.29 is 4.79 Å². The van der Waals surface area contributed by atoms with E-state index in [1.54, 1.807) is 0 Å². The molecule has 2 heteroatoms. The van der Waals surface area contributed by atoms with Crippen LogP contribution in [0.3, 0.4) is 0 Å². The van der Waals surface area contributed by atoms with Crippen LogP contribution >= 0.6 is 0 Å². The van der Waals surface area contributed by atoms with Gasteiger partial charge in [0.1, 0.15) is 0 Å². The van der Waals surface area contributed by atoms with Crippen LogP contribution in [0.25, 0.3) is 0 Å². The van der Waals surface area contributed by atoms with Gasteiger partial charge in [-0.3, -0.25) is 4.79 Å². The molecule has 94 valence electrons. The first-order chi connectivity index (χ1) is 7.88. The fraction of sp³-hybridized carbons (Fsp3) is 0.929. The molecule has 1 saturated heterocycles. The summed E-state index contributed by atoms with van der Waals surface area (Å²) < 4.78 is 0. The van der Waals surface area contributed by atoms with Crippen LogP contribution < -0.4 is 0 Å². The molecule has 0 aromatic carbocycles. The predicted molar refractivity (Wildman–Crippen MR) is 68.4 cm³/mol. The standard InChI is InChI=1S/C12H21NO.C2H6/c14-12(13-9-5-6-10-13)11-7-3-1-2-4-8-11;1-2/h11H,1-10H2;1-2H3. The van der Waals surface area contributed by atoms with Crippen molar-refractivity contribution in [2.45, 2.75) is 65.2 Å². The first kappa shape index (κ1) is 13.5. The number of rotatable bonds is 1. The van der Waals surface area contributed by atoms with Gasteiger partial charge in [0.05, 0.1) is 0 Å². The Labute approximate surface area is 100 Å². The van der Waals surface area contributed by atoms with Crippen molar-refractivity contribution in [3.05, 3.63) is 0 Å². The number of hydrogen-bond donors (Lipinski definition) is 0. The summed E-state index contributed by atoms with van der Waals surface area (Å²) in [6.45, 7) is 6.05. The molecule has 0 aromatic heterocycles. The molecule has 0 unspecified atom stereocenters. The number of hydrogen-bond acceptors (Lipinski definition) is 1. The van der Waals surface area contributed by atoms with Gasteiger partial charge in [0.2, 0.25) is 5.91 Å². The second-order valence-electron chi connectivity index (χ2n) is 4.72. The number of amides is 1. The Kier molecular flexibility index (Phi) is 6.51. The van der Waals surface area contributed by atoms with E-state index in [1.165, 1.54) is 38.5 Å². The third-order valence-electron chi connectivity index (χ3n) is 3.62. The quantitative estimate of drug-likeness (QED) is 0.624. The molecule has 2 aliphatic rings. The van der Waals surface area contributed by atoms with Crippen molar-refractivity contribution in [3.8, 4) is 0 Å². The lowest BCUT2D eigenvalue weighted by Crippen LogP contribution is -2.33. The summed E-state index contributed by atoms with van der Waals surface area (Å²) >= 11 is 0. The van der Waals surface area contributed by atoms with Crippen LogP contribution in [0.15, 0.2) is 0 Å². The minimum Gasteiger partial charge on any atom is -0.342 e. The Morgan fingerprint density at radius 2 is 1.38 bits per heavy atom. The fourth-order valence-electron chi connectivity index (χ4n) is 2.72. The minimum absolute atomic E-state index is 0.371. The van der Waals surface area contributed by atoms with Crippen molar-refractivity contribution >= 4 is 5.91 Å². The van der Waals surface area contributed by atoms with Gasteiger partial charge < -0.3 is 4.90 Å². The molecule has 2 fully saturated rings. The molecular formula is C14H27NO. The molecule has 16 heavy (non-hydrogen) atoms. The van der Waals surface area contributed by atoms with Gasteiger partial charge in [-0.25, -0.2) is 0 Å². The summed E-state index contributed by atoms with van der Waals surface area (Å²) in [5, 5.41) is 0. The molecule has 2 rings (SSSR count). The molecule has 1 saturated carbocycles. The molecule has 2 nitrogen and oxygen atoms in total. The summed E-state index contributed by atoms with van der Waals surface area (Å²) in [6.07, 6.45) is 9.95. The molecule has 0 spiro atoms. The summed E-state index contributed by atoms with van der Waals surface area (Å²) in [5.41, 5.74) is 0. The SMILES string of the molecule is CC.O=C(C1CCCCCC1)N1CCCC1. The molecule has 1 aliphatic heterocycles. The van der Waals surface area contributed by atoms with Crippen molar-refractivity contribution in [2.24, 2.45) is 5.92 Å². The molecule has 0 atom stereocenters. The highest BCUT2D eigenvalue weighted by Crippen LogP contribution is 2.25. The lowest BCUT2D eigenvalue weighted by molar-refractivity contribution is -0.134. The zero-order valence-electron chi connectivity index (χ0n) is 11.0. The van der Waals surface area contributed by atoms with Gasteiger partial charge in [-0.05, 0) is 25.7 Å². The monoisotopic (exact) mass is 225 g/mol. The van der Waals surface area contributed by atoms with Gasteiger partial charge in [0, 0.05) is 19.0 Å². The van der Waals surface area contributed by atoms with E-state index in [4.69, 9.17) is 0 Å². The highest BCUT2D eigenvalue weighted by molar-refractivity contribution is 5.79. The minimum atomic E-state index is 0.371. The third kappa shape index (κ3) is 3.80. The zero-order valence-corrected chi connectivity index (χ0v) is 11.0. The molecule has 0 N–H and O–H groups in total. The van der Waals surface area contributed by atoms with Gasteiger partial charge in [-0.2, -0.15) is 0 Å². The smallest absolute Gasteiger partial charge is 0.225 e. The molecule has 1 amide bonds. The summed E-state index contributed by atoms with van der Waals surface area (Å²) in [6, 6.07) is 0. The van der Waals surface area contributed by atoms with Crippen LogP contribution in [0, 0.1) is 5.92 Å². The van der Waals surface area contributed by atoms with Gasteiger partial charge in [0.15, 0.2) is 0 Å². The Hall–Kier alpha value is -0.530. The van der Waals surface area contributed by atoms with Gasteiger partial charge >= 0.3 is 0 Å². The van der Waals surface area contributed by atoms with Crippen molar-refractivity contribution in [1.82, 2.24) is 4.90 Å². The molecule has 1 heterocycles. The van der Waals surface area contributed by atoms with E-state index in [-0.39, 0.29) is 0 Å². The van der Waals surface area contributed by atoms with Crippen LogP contribution in [0.4, 0.5) is 0 Å². The van der Waals surface area contributed by atoms with Gasteiger partial charge in [-0.1, -0.05) is 39.5 Å². The number of likely N-dealkylation sites (tertiary alicyclic amines) is 1. The second-order valence-corrected chi connectivity index (χ2v) is 4.72. The molecule has 0 bridgehead atoms. The van der Waals surface area contributed by atoms with Gasteiger partial charge in [-0.15, -0.1) is 0 Å². The van der Waals surface area contributed by atoms with Crippen LogP contribution in [-0.4, -0.2) is 23.9 Å². The second kappa shape index (κ2) is 7.70. The maximum Gasteiger partial charge on any atom is 0.225 e. The van der Waals surface area contributed by atoms with Crippen molar-refractivity contribution in [2.75, 3.05) is 13.1 Å². The largest absolute Gasteiger partial charge is 0.342 e. The zero-order chi connectivity index (χ0) is 11.8. The molecule has 1 aliphatic carbocycles. The maximum atomic E-state index is 12.1. The lowest BCUT2D eigenvalue weighted by atomic mass is 9.99. The Balaban J connectivity index is 0.000000606. The predicted octanol–water partition coefficient (Wildman–Crippen LogP) is 3.61. The maximum absolute atomic E-state index is 12.1. The van der Waals surface area contributed by atoms with Crippen molar-refractivity contribution in [1.29, 1.82) is 0 Å². The van der Waals surface area contributed by atoms with E-state index < -0.39 is 0 Å². The Morgan fingerprint density at radius 1 is 0.875 bits per heavy atom. The molecular weight excluding hydrogens is 198 g/mol. The topological polar surface area (TPSA) is 20.3 Å². The average Bonchev–Trinajstić information content (AvgIpc) is 2.73. The summed E-state index contributed by atoms with van der Waals surface area (Å²) in [7, 11) is 0. The van der Waals surface area contributed by atoms with E-state index >= 15 is 0 Å². The van der Waals surface area contributed by atoms with Crippen LogP contribution in [0.2, 0.25) is 0 Å². The van der Waals surface area contributed by atoms with E-state index in [9.17, 15) is 4.79 Å². The number of carbonyl (C=O) groups is 1. The third-order valence-corrected chi connectivity index (χ3v) is 3.62. The number of nitrogens with zero attached hydrogens (tertiary/aromatic N) is 1. The van der Waals surface area contributed by atoms with Crippen LogP contribution in [0.1, 0.15) is 65.2 Å². The normalized spacial score (nSPS) is 22.2. The highest BCUT2D eigenvalue weighted by Gasteiger charge is 2.26. The highest BCUT2D eigenvalue weighted by atomic mass is 16.2. The Bertz CT molecular complexity index is 189. The molecule has 0 aromatic rings. The van der Waals surface area contributed by atoms with E-state index in [0.717, 1.165) is 25.9 Å². The number of carbonyl (C=O) groups excluding carboxylic acids is 1. The van der Waals surface area contributed by atoms with Crippen molar-refractivity contribution in [3.63, 3.8) is 0 Å². The Morgan fingerprint density at radius 3 is 1.88 bits per heavy atom. The first-order valence-corrected chi connectivity index (χ1v) is 7.17. The summed E-state index contributed by atoms with van der Waals surface area (Å²) in [4.78, 5) is 14.2. The van der Waals surface area contributed by atoms with E-state index in [2.05, 4.69) is 4.90 Å². The fourth-order valence-corrected chi connectivity index (χ4v) is 2.72. The van der Waals surface area contributed by atoms with Gasteiger partial charge in [0.25, 0.3) is 0 Å². The summed E-state index contributed by atoms with van der Waals surface area (Å²) in [5.74, 6) is 0.833. The molecule has 0 radical (unpaired) electrons. The average molecular weight is 225 g/mol.